The van der Waals surface area contributed by atoms with Crippen molar-refractivity contribution >= 4 is 10.9 Å². The molecule has 2 aromatic carbocycles. The van der Waals surface area contributed by atoms with E-state index in [1.54, 1.807) is 0 Å². The normalized spacial score (nSPS) is 14.9. The van der Waals surface area contributed by atoms with Gasteiger partial charge < -0.3 is 4.57 Å². The van der Waals surface area contributed by atoms with E-state index in [2.05, 4.69) is 79.2 Å². The van der Waals surface area contributed by atoms with Crippen LogP contribution in [0.1, 0.15) is 68.6 Å². The smallest absolute Gasteiger partial charge is 0.0715 e. The van der Waals surface area contributed by atoms with E-state index in [-0.39, 0.29) is 0 Å². The zero-order chi connectivity index (χ0) is 21.2. The summed E-state index contributed by atoms with van der Waals surface area (Å²) in [5.74, 6) is 0.750. The molecule has 0 bridgehead atoms. The molecule has 0 saturated heterocycles. The molecule has 0 spiro atoms. The van der Waals surface area contributed by atoms with E-state index >= 15 is 0 Å². The topological polar surface area (TPSA) is 17.8 Å². The Hall–Kier alpha value is -2.87. The highest BCUT2D eigenvalue weighted by Gasteiger charge is 2.16. The number of nitrogens with zero attached hydrogens (tertiary/aromatic N) is 2. The van der Waals surface area contributed by atoms with Gasteiger partial charge in [-0.05, 0) is 72.6 Å². The van der Waals surface area contributed by atoms with E-state index < -0.39 is 0 Å². The first kappa shape index (κ1) is 20.1. The molecule has 4 aromatic rings. The lowest BCUT2D eigenvalue weighted by Crippen LogP contribution is -2.04. The van der Waals surface area contributed by atoms with Crippen molar-refractivity contribution in [2.24, 2.45) is 0 Å². The van der Waals surface area contributed by atoms with Crippen LogP contribution in [-0.2, 0) is 12.8 Å². The first-order valence-electron chi connectivity index (χ1n) is 12.0. The van der Waals surface area contributed by atoms with Crippen molar-refractivity contribution in [3.05, 3.63) is 83.7 Å². The molecule has 1 aliphatic carbocycles. The summed E-state index contributed by atoms with van der Waals surface area (Å²) in [6.07, 6.45) is 13.1. The molecule has 0 radical (unpaired) electrons. The van der Waals surface area contributed by atoms with Gasteiger partial charge in [0.05, 0.1) is 17.4 Å². The highest BCUT2D eigenvalue weighted by molar-refractivity contribution is 5.86. The zero-order valence-electron chi connectivity index (χ0n) is 18.8. The first-order valence-corrected chi connectivity index (χ1v) is 12.0. The molecule has 31 heavy (non-hydrogen) atoms. The Morgan fingerprint density at radius 3 is 2.26 bits per heavy atom. The lowest BCUT2D eigenvalue weighted by molar-refractivity contribution is 0.443. The summed E-state index contributed by atoms with van der Waals surface area (Å²) in [6, 6.07) is 20.4. The molecule has 2 aromatic heterocycles. The third-order valence-electron chi connectivity index (χ3n) is 7.08. The van der Waals surface area contributed by atoms with E-state index in [1.807, 2.05) is 6.20 Å². The summed E-state index contributed by atoms with van der Waals surface area (Å²) in [5, 5.41) is 1.24. The van der Waals surface area contributed by atoms with Crippen LogP contribution in [0.4, 0.5) is 0 Å². The van der Waals surface area contributed by atoms with Crippen LogP contribution in [0.5, 0.6) is 0 Å². The van der Waals surface area contributed by atoms with Gasteiger partial charge in [-0.3, -0.25) is 4.98 Å². The van der Waals surface area contributed by atoms with Crippen molar-refractivity contribution in [3.8, 4) is 16.9 Å². The lowest BCUT2D eigenvalue weighted by Gasteiger charge is -2.22. The Morgan fingerprint density at radius 1 is 0.871 bits per heavy atom. The fourth-order valence-corrected chi connectivity index (χ4v) is 5.31. The first-order chi connectivity index (χ1) is 15.3. The predicted molar refractivity (Wildman–Crippen MR) is 131 cm³/mol. The molecular weight excluding hydrogens is 376 g/mol. The van der Waals surface area contributed by atoms with Crippen LogP contribution in [0.15, 0.2) is 67.0 Å². The van der Waals surface area contributed by atoms with Crippen LogP contribution < -0.4 is 0 Å². The average Bonchev–Trinajstić information content (AvgIpc) is 3.27. The van der Waals surface area contributed by atoms with Crippen molar-refractivity contribution in [2.45, 2.75) is 64.7 Å². The number of fused-ring (bicyclic) bond motifs is 1. The molecule has 1 saturated carbocycles. The van der Waals surface area contributed by atoms with E-state index in [9.17, 15) is 0 Å². The Labute approximate surface area is 186 Å². The average molecular weight is 409 g/mol. The third kappa shape index (κ3) is 3.80. The molecule has 158 valence electrons. The second-order valence-corrected chi connectivity index (χ2v) is 8.90. The monoisotopic (exact) mass is 408 g/mol. The molecule has 1 aliphatic rings. The summed E-state index contributed by atoms with van der Waals surface area (Å²) < 4.78 is 2.27. The summed E-state index contributed by atoms with van der Waals surface area (Å²) in [7, 11) is 0. The molecule has 1 fully saturated rings. The van der Waals surface area contributed by atoms with Gasteiger partial charge in [-0.25, -0.2) is 0 Å². The minimum Gasteiger partial charge on any atom is -0.315 e. The van der Waals surface area contributed by atoms with E-state index in [1.165, 1.54) is 70.9 Å². The lowest BCUT2D eigenvalue weighted by atomic mass is 9.84. The van der Waals surface area contributed by atoms with Gasteiger partial charge in [0, 0.05) is 22.8 Å². The van der Waals surface area contributed by atoms with Crippen LogP contribution in [0.3, 0.4) is 0 Å². The molecule has 0 aliphatic heterocycles. The Morgan fingerprint density at radius 2 is 1.58 bits per heavy atom. The standard InChI is InChI=1S/C29H32N2/c1-3-21-11-8-12-22(4-2)29(21)27-19-25-17-18-31(28(25)20-30-27)26-15-13-24(14-16-26)23-9-6-5-7-10-23/h8,11-20,23H,3-7,9-10H2,1-2H3. The highest BCUT2D eigenvalue weighted by Crippen LogP contribution is 2.34. The van der Waals surface area contributed by atoms with Gasteiger partial charge in [-0.15, -0.1) is 0 Å². The predicted octanol–water partition coefficient (Wildman–Crippen LogP) is 7.87. The number of pyridine rings is 1. The number of hydrogen-bond acceptors (Lipinski definition) is 1. The highest BCUT2D eigenvalue weighted by atomic mass is 15.0. The van der Waals surface area contributed by atoms with E-state index in [0.717, 1.165) is 24.5 Å². The number of benzene rings is 2. The molecule has 0 atom stereocenters. The maximum atomic E-state index is 4.92. The van der Waals surface area contributed by atoms with E-state index in [4.69, 9.17) is 4.98 Å². The Kier molecular flexibility index (Phi) is 5.63. The van der Waals surface area contributed by atoms with Gasteiger partial charge in [-0.2, -0.15) is 0 Å². The van der Waals surface area contributed by atoms with Crippen LogP contribution in [0.2, 0.25) is 0 Å². The van der Waals surface area contributed by atoms with Crippen LogP contribution in [0.25, 0.3) is 27.8 Å². The maximum Gasteiger partial charge on any atom is 0.0715 e. The zero-order valence-corrected chi connectivity index (χ0v) is 18.8. The molecule has 2 nitrogen and oxygen atoms in total. The molecule has 2 heterocycles. The minimum absolute atomic E-state index is 0.750. The van der Waals surface area contributed by atoms with Crippen molar-refractivity contribution in [2.75, 3.05) is 0 Å². The fraction of sp³-hybridized carbons (Fsp3) is 0.345. The van der Waals surface area contributed by atoms with Gasteiger partial charge >= 0.3 is 0 Å². The second kappa shape index (κ2) is 8.70. The SMILES string of the molecule is CCc1cccc(CC)c1-c1cc2ccn(-c3ccc(C4CCCCC4)cc3)c2cn1. The van der Waals surface area contributed by atoms with Crippen LogP contribution in [-0.4, -0.2) is 9.55 Å². The molecule has 2 heteroatoms. The largest absolute Gasteiger partial charge is 0.315 e. The molecule has 0 amide bonds. The van der Waals surface area contributed by atoms with Gasteiger partial charge in [0.25, 0.3) is 0 Å². The maximum absolute atomic E-state index is 4.92. The Bertz CT molecular complexity index is 1160. The van der Waals surface area contributed by atoms with Crippen molar-refractivity contribution in [1.29, 1.82) is 0 Å². The van der Waals surface area contributed by atoms with Gasteiger partial charge in [-0.1, -0.05) is 63.4 Å². The Balaban J connectivity index is 1.49. The molecular formula is C29H32N2. The summed E-state index contributed by atoms with van der Waals surface area (Å²) in [6.45, 7) is 4.45. The van der Waals surface area contributed by atoms with Crippen molar-refractivity contribution in [3.63, 3.8) is 0 Å². The van der Waals surface area contributed by atoms with E-state index in [0.29, 0.717) is 0 Å². The van der Waals surface area contributed by atoms with Gasteiger partial charge in [0.2, 0.25) is 0 Å². The number of hydrogen-bond donors (Lipinski definition) is 0. The molecule has 0 unspecified atom stereocenters. The van der Waals surface area contributed by atoms with Gasteiger partial charge in [0.15, 0.2) is 0 Å². The van der Waals surface area contributed by atoms with Crippen LogP contribution in [0, 0.1) is 0 Å². The third-order valence-corrected chi connectivity index (χ3v) is 7.08. The van der Waals surface area contributed by atoms with Crippen LogP contribution >= 0.6 is 0 Å². The summed E-state index contributed by atoms with van der Waals surface area (Å²) in [4.78, 5) is 4.92. The number of aryl methyl sites for hydroxylation is 2. The van der Waals surface area contributed by atoms with Crippen molar-refractivity contribution < 1.29 is 0 Å². The quantitative estimate of drug-likeness (QED) is 0.328. The minimum atomic E-state index is 0.750. The van der Waals surface area contributed by atoms with Gasteiger partial charge in [0.1, 0.15) is 0 Å². The van der Waals surface area contributed by atoms with Crippen molar-refractivity contribution in [1.82, 2.24) is 9.55 Å². The number of aromatic nitrogens is 2. The molecule has 0 N–H and O–H groups in total. The number of rotatable bonds is 5. The fourth-order valence-electron chi connectivity index (χ4n) is 5.31. The second-order valence-electron chi connectivity index (χ2n) is 8.90. The summed E-state index contributed by atoms with van der Waals surface area (Å²) >= 11 is 0. The summed E-state index contributed by atoms with van der Waals surface area (Å²) in [5.41, 5.74) is 9.05. The molecule has 5 rings (SSSR count).